The molecule has 0 amide bonds. The van der Waals surface area contributed by atoms with E-state index in [2.05, 4.69) is 11.8 Å². The van der Waals surface area contributed by atoms with Gasteiger partial charge >= 0.3 is 5.97 Å². The number of ether oxygens (including phenoxy) is 1. The number of hydrogen-bond donors (Lipinski definition) is 0. The molecule has 1 saturated heterocycles. The molecule has 4 nitrogen and oxygen atoms in total. The molecule has 5 heteroatoms. The Labute approximate surface area is 135 Å². The van der Waals surface area contributed by atoms with Crippen LogP contribution in [0.2, 0.25) is 0 Å². The third-order valence-electron chi connectivity index (χ3n) is 4.30. The van der Waals surface area contributed by atoms with E-state index >= 15 is 0 Å². The van der Waals surface area contributed by atoms with Crippen LogP contribution in [-0.4, -0.2) is 42.1 Å². The molecule has 0 bridgehead atoms. The number of thiazole rings is 1. The molecule has 0 spiro atoms. The highest BCUT2D eigenvalue weighted by atomic mass is 32.1. The van der Waals surface area contributed by atoms with Crippen LogP contribution in [0.1, 0.15) is 48.0 Å². The van der Waals surface area contributed by atoms with E-state index < -0.39 is 0 Å². The lowest BCUT2D eigenvalue weighted by Gasteiger charge is -2.29. The smallest absolute Gasteiger partial charge is 0.338 e. The van der Waals surface area contributed by atoms with Crippen molar-refractivity contribution >= 4 is 27.5 Å². The van der Waals surface area contributed by atoms with Crippen molar-refractivity contribution in [2.75, 3.05) is 26.2 Å². The summed E-state index contributed by atoms with van der Waals surface area (Å²) in [6.45, 7) is 7.89. The number of likely N-dealkylation sites (tertiary alicyclic amines) is 1. The van der Waals surface area contributed by atoms with Crippen molar-refractivity contribution < 1.29 is 9.53 Å². The van der Waals surface area contributed by atoms with Gasteiger partial charge < -0.3 is 9.64 Å². The normalized spacial score (nSPS) is 17.0. The first-order valence-corrected chi connectivity index (χ1v) is 8.82. The predicted molar refractivity (Wildman–Crippen MR) is 89.7 cm³/mol. The van der Waals surface area contributed by atoms with Gasteiger partial charge in [0.25, 0.3) is 0 Å². The van der Waals surface area contributed by atoms with Gasteiger partial charge in [0.05, 0.1) is 27.4 Å². The first-order valence-electron chi connectivity index (χ1n) is 8.01. The Morgan fingerprint density at radius 1 is 1.36 bits per heavy atom. The number of benzene rings is 1. The Bertz CT molecular complexity index is 660. The minimum Gasteiger partial charge on any atom is -0.462 e. The van der Waals surface area contributed by atoms with Crippen LogP contribution in [0.25, 0.3) is 10.2 Å². The zero-order valence-corrected chi connectivity index (χ0v) is 14.0. The molecule has 0 atom stereocenters. The van der Waals surface area contributed by atoms with Gasteiger partial charge in [-0.3, -0.25) is 0 Å². The molecular weight excluding hydrogens is 296 g/mol. The molecule has 1 fully saturated rings. The van der Waals surface area contributed by atoms with Gasteiger partial charge in [-0.1, -0.05) is 6.92 Å². The molecule has 1 aromatic heterocycles. The Morgan fingerprint density at radius 2 is 2.14 bits per heavy atom. The van der Waals surface area contributed by atoms with Crippen molar-refractivity contribution in [1.82, 2.24) is 9.88 Å². The second-order valence-corrected chi connectivity index (χ2v) is 6.73. The van der Waals surface area contributed by atoms with Crippen LogP contribution in [-0.2, 0) is 4.74 Å². The molecule has 2 aromatic rings. The maximum absolute atomic E-state index is 11.8. The van der Waals surface area contributed by atoms with E-state index in [0.29, 0.717) is 18.1 Å². The Morgan fingerprint density at radius 3 is 2.82 bits per heavy atom. The molecule has 3 rings (SSSR count). The molecule has 1 aromatic carbocycles. The summed E-state index contributed by atoms with van der Waals surface area (Å²) >= 11 is 1.72. The fourth-order valence-electron chi connectivity index (χ4n) is 2.95. The molecule has 2 heterocycles. The highest BCUT2D eigenvalue weighted by Crippen LogP contribution is 2.34. The van der Waals surface area contributed by atoms with Crippen LogP contribution in [0.4, 0.5) is 0 Å². The Kier molecular flexibility index (Phi) is 4.74. The summed E-state index contributed by atoms with van der Waals surface area (Å²) < 4.78 is 6.15. The third-order valence-corrected chi connectivity index (χ3v) is 5.48. The summed E-state index contributed by atoms with van der Waals surface area (Å²) in [6, 6.07) is 5.65. The number of carbonyl (C=O) groups excluding carboxylic acids is 1. The van der Waals surface area contributed by atoms with Gasteiger partial charge in [-0.15, -0.1) is 11.3 Å². The minimum absolute atomic E-state index is 0.254. The molecule has 0 aliphatic carbocycles. The van der Waals surface area contributed by atoms with E-state index in [1.165, 1.54) is 17.8 Å². The van der Waals surface area contributed by atoms with Crippen LogP contribution in [0.5, 0.6) is 0 Å². The number of esters is 1. The van der Waals surface area contributed by atoms with Gasteiger partial charge in [0.1, 0.15) is 0 Å². The number of nitrogens with zero attached hydrogens (tertiary/aromatic N) is 2. The number of hydrogen-bond acceptors (Lipinski definition) is 5. The predicted octanol–water partition coefficient (Wildman–Crippen LogP) is 3.67. The molecule has 1 aliphatic rings. The van der Waals surface area contributed by atoms with Crippen molar-refractivity contribution in [3.8, 4) is 0 Å². The zero-order valence-electron chi connectivity index (χ0n) is 13.2. The van der Waals surface area contributed by atoms with Gasteiger partial charge in [0.2, 0.25) is 0 Å². The van der Waals surface area contributed by atoms with E-state index in [-0.39, 0.29) is 5.97 Å². The average Bonchev–Trinajstić information content (AvgIpc) is 2.98. The number of rotatable bonds is 4. The van der Waals surface area contributed by atoms with Crippen LogP contribution in [0, 0.1) is 0 Å². The summed E-state index contributed by atoms with van der Waals surface area (Å²) in [5.41, 5.74) is 1.61. The van der Waals surface area contributed by atoms with E-state index in [1.807, 2.05) is 25.1 Å². The standard InChI is InChI=1S/C17H22N2O2S/c1-3-19-9-7-12(8-10-19)16-18-14-6-5-13(11-15(14)22-16)17(20)21-4-2/h5-6,11-12H,3-4,7-10H2,1-2H3. The maximum atomic E-state index is 11.8. The van der Waals surface area contributed by atoms with E-state index in [4.69, 9.17) is 9.72 Å². The molecule has 22 heavy (non-hydrogen) atoms. The number of fused-ring (bicyclic) bond motifs is 1. The SMILES string of the molecule is CCOC(=O)c1ccc2nc(C3CCN(CC)CC3)sc2c1. The Hall–Kier alpha value is -1.46. The van der Waals surface area contributed by atoms with Gasteiger partial charge in [-0.2, -0.15) is 0 Å². The van der Waals surface area contributed by atoms with Crippen LogP contribution in [0.3, 0.4) is 0 Å². The van der Waals surface area contributed by atoms with Gasteiger partial charge in [0, 0.05) is 5.92 Å². The lowest BCUT2D eigenvalue weighted by Crippen LogP contribution is -2.32. The lowest BCUT2D eigenvalue weighted by atomic mass is 9.98. The number of carbonyl (C=O) groups is 1. The van der Waals surface area contributed by atoms with Crippen LogP contribution >= 0.6 is 11.3 Å². The quantitative estimate of drug-likeness (QED) is 0.807. The van der Waals surface area contributed by atoms with Crippen molar-refractivity contribution in [3.63, 3.8) is 0 Å². The molecule has 0 radical (unpaired) electrons. The second kappa shape index (κ2) is 6.75. The monoisotopic (exact) mass is 318 g/mol. The summed E-state index contributed by atoms with van der Waals surface area (Å²) in [4.78, 5) is 19.1. The zero-order chi connectivity index (χ0) is 15.5. The molecular formula is C17H22N2O2S. The van der Waals surface area contributed by atoms with Crippen molar-refractivity contribution in [1.29, 1.82) is 0 Å². The summed E-state index contributed by atoms with van der Waals surface area (Å²) in [5.74, 6) is 0.307. The highest BCUT2D eigenvalue weighted by Gasteiger charge is 2.22. The highest BCUT2D eigenvalue weighted by molar-refractivity contribution is 7.18. The maximum Gasteiger partial charge on any atom is 0.338 e. The fourth-order valence-corrected chi connectivity index (χ4v) is 4.13. The van der Waals surface area contributed by atoms with Gasteiger partial charge in [0.15, 0.2) is 0 Å². The molecule has 0 saturated carbocycles. The summed E-state index contributed by atoms with van der Waals surface area (Å²) in [5, 5.41) is 1.21. The van der Waals surface area contributed by atoms with Gasteiger partial charge in [-0.05, 0) is 57.6 Å². The van der Waals surface area contributed by atoms with E-state index in [9.17, 15) is 4.79 Å². The number of piperidine rings is 1. The summed E-state index contributed by atoms with van der Waals surface area (Å²) in [7, 11) is 0. The second-order valence-electron chi connectivity index (χ2n) is 5.66. The van der Waals surface area contributed by atoms with Gasteiger partial charge in [-0.25, -0.2) is 9.78 Å². The molecule has 1 aliphatic heterocycles. The first kappa shape index (κ1) is 15.4. The number of aromatic nitrogens is 1. The molecule has 118 valence electrons. The Balaban J connectivity index is 1.79. The van der Waals surface area contributed by atoms with Crippen molar-refractivity contribution in [2.24, 2.45) is 0 Å². The van der Waals surface area contributed by atoms with Crippen LogP contribution in [0.15, 0.2) is 18.2 Å². The third kappa shape index (κ3) is 3.15. The largest absolute Gasteiger partial charge is 0.462 e. The molecule has 0 N–H and O–H groups in total. The lowest BCUT2D eigenvalue weighted by molar-refractivity contribution is 0.0526. The van der Waals surface area contributed by atoms with E-state index in [0.717, 1.165) is 29.9 Å². The average molecular weight is 318 g/mol. The van der Waals surface area contributed by atoms with Crippen molar-refractivity contribution in [3.05, 3.63) is 28.8 Å². The van der Waals surface area contributed by atoms with Crippen molar-refractivity contribution in [2.45, 2.75) is 32.6 Å². The van der Waals surface area contributed by atoms with Crippen LogP contribution < -0.4 is 0 Å². The molecule has 0 unspecified atom stereocenters. The minimum atomic E-state index is -0.254. The fraction of sp³-hybridized carbons (Fsp3) is 0.529. The van der Waals surface area contributed by atoms with E-state index in [1.54, 1.807) is 11.3 Å². The summed E-state index contributed by atoms with van der Waals surface area (Å²) in [6.07, 6.45) is 2.36. The first-order chi connectivity index (χ1) is 10.7. The topological polar surface area (TPSA) is 42.4 Å².